The number of H-pyrrole nitrogens is 1. The summed E-state index contributed by atoms with van der Waals surface area (Å²) in [7, 11) is 0. The van der Waals surface area contributed by atoms with Crippen molar-refractivity contribution in [2.45, 2.75) is 46.1 Å². The predicted octanol–water partition coefficient (Wildman–Crippen LogP) is 3.34. The van der Waals surface area contributed by atoms with Crippen molar-refractivity contribution in [3.05, 3.63) is 29.5 Å². The summed E-state index contributed by atoms with van der Waals surface area (Å²) in [4.78, 5) is 29.0. The molecule has 2 aliphatic heterocycles. The standard InChI is InChI=1S/C21H28N4O3/c1-14(2)28-20(27)25-9-6-21(13-25)4-7-24(8-5-21)19(26)16-10-15(3)18-17(11-16)12-22-23-18/h10-12,14H,4-9,13H2,1-3H3,(H,22,23). The molecule has 1 aromatic carbocycles. The zero-order chi connectivity index (χ0) is 19.9. The molecule has 1 spiro atoms. The average Bonchev–Trinajstić information content (AvgIpc) is 3.29. The highest BCUT2D eigenvalue weighted by Gasteiger charge is 2.43. The van der Waals surface area contributed by atoms with Crippen LogP contribution in [0.15, 0.2) is 18.3 Å². The van der Waals surface area contributed by atoms with Crippen molar-refractivity contribution in [2.24, 2.45) is 5.41 Å². The summed E-state index contributed by atoms with van der Waals surface area (Å²) < 4.78 is 5.34. The van der Waals surface area contributed by atoms with E-state index in [9.17, 15) is 9.59 Å². The van der Waals surface area contributed by atoms with Gasteiger partial charge >= 0.3 is 6.09 Å². The van der Waals surface area contributed by atoms with Crippen LogP contribution in [-0.2, 0) is 4.74 Å². The molecular weight excluding hydrogens is 356 g/mol. The van der Waals surface area contributed by atoms with E-state index in [-0.39, 0.29) is 23.5 Å². The van der Waals surface area contributed by atoms with Crippen molar-refractivity contribution >= 4 is 22.9 Å². The Morgan fingerprint density at radius 2 is 1.82 bits per heavy atom. The first-order valence-electron chi connectivity index (χ1n) is 10.1. The lowest BCUT2D eigenvalue weighted by atomic mass is 9.77. The fourth-order valence-corrected chi connectivity index (χ4v) is 4.50. The Morgan fingerprint density at radius 3 is 2.50 bits per heavy atom. The number of amides is 2. The number of ether oxygens (including phenoxy) is 1. The third-order valence-corrected chi connectivity index (χ3v) is 6.14. The number of hydrogen-bond acceptors (Lipinski definition) is 4. The number of piperidine rings is 1. The summed E-state index contributed by atoms with van der Waals surface area (Å²) in [6.07, 6.45) is 4.29. The molecule has 150 valence electrons. The Morgan fingerprint density at radius 1 is 1.14 bits per heavy atom. The van der Waals surface area contributed by atoms with Crippen LogP contribution in [0.5, 0.6) is 0 Å². The molecule has 2 aliphatic rings. The third kappa shape index (κ3) is 3.45. The van der Waals surface area contributed by atoms with Crippen LogP contribution in [0.2, 0.25) is 0 Å². The number of carbonyl (C=O) groups excluding carboxylic acids is 2. The largest absolute Gasteiger partial charge is 0.447 e. The van der Waals surface area contributed by atoms with Crippen molar-refractivity contribution in [2.75, 3.05) is 26.2 Å². The predicted molar refractivity (Wildman–Crippen MR) is 106 cm³/mol. The normalized spacial score (nSPS) is 19.0. The van der Waals surface area contributed by atoms with Gasteiger partial charge in [-0.05, 0) is 63.1 Å². The van der Waals surface area contributed by atoms with Gasteiger partial charge in [0.1, 0.15) is 0 Å². The number of rotatable bonds is 2. The van der Waals surface area contributed by atoms with Crippen LogP contribution in [0.25, 0.3) is 10.9 Å². The lowest BCUT2D eigenvalue weighted by molar-refractivity contribution is 0.0550. The van der Waals surface area contributed by atoms with Crippen LogP contribution >= 0.6 is 0 Å². The first kappa shape index (κ1) is 18.8. The highest BCUT2D eigenvalue weighted by Crippen LogP contribution is 2.41. The maximum atomic E-state index is 13.0. The van der Waals surface area contributed by atoms with Gasteiger partial charge < -0.3 is 14.5 Å². The molecule has 7 nitrogen and oxygen atoms in total. The van der Waals surface area contributed by atoms with E-state index < -0.39 is 0 Å². The Bertz CT molecular complexity index is 896. The van der Waals surface area contributed by atoms with Crippen LogP contribution in [0, 0.1) is 12.3 Å². The van der Waals surface area contributed by atoms with Gasteiger partial charge in [-0.3, -0.25) is 9.89 Å². The Kier molecular flexibility index (Phi) is 4.77. The summed E-state index contributed by atoms with van der Waals surface area (Å²) in [5, 5.41) is 8.01. The second kappa shape index (κ2) is 7.11. The molecule has 1 N–H and O–H groups in total. The summed E-state index contributed by atoms with van der Waals surface area (Å²) in [5.41, 5.74) is 2.85. The average molecular weight is 384 g/mol. The highest BCUT2D eigenvalue weighted by atomic mass is 16.6. The molecule has 0 bridgehead atoms. The van der Waals surface area contributed by atoms with E-state index in [0.717, 1.165) is 67.5 Å². The van der Waals surface area contributed by atoms with Crippen LogP contribution in [0.1, 0.15) is 49.0 Å². The minimum absolute atomic E-state index is 0.0788. The van der Waals surface area contributed by atoms with Crippen molar-refractivity contribution in [1.82, 2.24) is 20.0 Å². The van der Waals surface area contributed by atoms with Crippen LogP contribution in [0.3, 0.4) is 0 Å². The number of aryl methyl sites for hydroxylation is 1. The smallest absolute Gasteiger partial charge is 0.410 e. The SMILES string of the molecule is Cc1cc(C(=O)N2CCC3(CCN(C(=O)OC(C)C)C3)CC2)cc2cn[nH]c12. The molecule has 0 aliphatic carbocycles. The summed E-state index contributed by atoms with van der Waals surface area (Å²) in [5.74, 6) is 0.0788. The number of carbonyl (C=O) groups is 2. The van der Waals surface area contributed by atoms with Crippen molar-refractivity contribution < 1.29 is 14.3 Å². The molecule has 0 radical (unpaired) electrons. The Hall–Kier alpha value is -2.57. The van der Waals surface area contributed by atoms with E-state index in [1.165, 1.54) is 0 Å². The van der Waals surface area contributed by atoms with Crippen LogP contribution in [0.4, 0.5) is 4.79 Å². The maximum Gasteiger partial charge on any atom is 0.410 e. The molecule has 28 heavy (non-hydrogen) atoms. The molecule has 2 fully saturated rings. The summed E-state index contributed by atoms with van der Waals surface area (Å²) >= 11 is 0. The molecule has 0 atom stereocenters. The van der Waals surface area contributed by atoms with Crippen molar-refractivity contribution in [3.8, 4) is 0 Å². The second-order valence-corrected chi connectivity index (χ2v) is 8.52. The molecule has 0 unspecified atom stereocenters. The molecule has 3 heterocycles. The van der Waals surface area contributed by atoms with E-state index in [0.29, 0.717) is 0 Å². The number of nitrogens with zero attached hydrogens (tertiary/aromatic N) is 3. The number of nitrogens with one attached hydrogen (secondary N) is 1. The number of aromatic amines is 1. The quantitative estimate of drug-likeness (QED) is 0.861. The van der Waals surface area contributed by atoms with Gasteiger partial charge in [-0.1, -0.05) is 0 Å². The first-order chi connectivity index (χ1) is 13.4. The van der Waals surface area contributed by atoms with Gasteiger partial charge in [-0.2, -0.15) is 5.10 Å². The van der Waals surface area contributed by atoms with Crippen molar-refractivity contribution in [1.29, 1.82) is 0 Å². The molecule has 2 amide bonds. The minimum atomic E-state index is -0.214. The van der Waals surface area contributed by atoms with Gasteiger partial charge in [-0.25, -0.2) is 4.79 Å². The highest BCUT2D eigenvalue weighted by molar-refractivity contribution is 5.98. The Labute approximate surface area is 165 Å². The molecular formula is C21H28N4O3. The van der Waals surface area contributed by atoms with Gasteiger partial charge in [0, 0.05) is 37.1 Å². The number of aromatic nitrogens is 2. The topological polar surface area (TPSA) is 78.5 Å². The lowest BCUT2D eigenvalue weighted by Crippen LogP contribution is -2.44. The van der Waals surface area contributed by atoms with E-state index in [1.807, 2.05) is 42.7 Å². The van der Waals surface area contributed by atoms with E-state index in [1.54, 1.807) is 6.20 Å². The zero-order valence-corrected chi connectivity index (χ0v) is 16.8. The lowest BCUT2D eigenvalue weighted by Gasteiger charge is -2.39. The molecule has 4 rings (SSSR count). The van der Waals surface area contributed by atoms with Gasteiger partial charge in [-0.15, -0.1) is 0 Å². The van der Waals surface area contributed by atoms with Crippen LogP contribution < -0.4 is 0 Å². The van der Waals surface area contributed by atoms with Gasteiger partial charge in [0.2, 0.25) is 0 Å². The molecule has 2 aromatic rings. The monoisotopic (exact) mass is 384 g/mol. The number of likely N-dealkylation sites (tertiary alicyclic amines) is 2. The molecule has 2 saturated heterocycles. The fraction of sp³-hybridized carbons (Fsp3) is 0.571. The Balaban J connectivity index is 1.40. The van der Waals surface area contributed by atoms with E-state index in [2.05, 4.69) is 10.2 Å². The zero-order valence-electron chi connectivity index (χ0n) is 16.8. The van der Waals surface area contributed by atoms with Gasteiger partial charge in [0.15, 0.2) is 0 Å². The fourth-order valence-electron chi connectivity index (χ4n) is 4.50. The number of fused-ring (bicyclic) bond motifs is 1. The summed E-state index contributed by atoms with van der Waals surface area (Å²) in [6, 6.07) is 3.85. The van der Waals surface area contributed by atoms with E-state index in [4.69, 9.17) is 4.74 Å². The third-order valence-electron chi connectivity index (χ3n) is 6.14. The number of benzene rings is 1. The second-order valence-electron chi connectivity index (χ2n) is 8.52. The molecule has 0 saturated carbocycles. The van der Waals surface area contributed by atoms with E-state index >= 15 is 0 Å². The first-order valence-corrected chi connectivity index (χ1v) is 10.1. The molecule has 1 aromatic heterocycles. The van der Waals surface area contributed by atoms with Crippen LogP contribution in [-0.4, -0.2) is 64.3 Å². The maximum absolute atomic E-state index is 13.0. The van der Waals surface area contributed by atoms with Gasteiger partial charge in [0.05, 0.1) is 17.8 Å². The van der Waals surface area contributed by atoms with Crippen molar-refractivity contribution in [3.63, 3.8) is 0 Å². The number of hydrogen-bond donors (Lipinski definition) is 1. The summed E-state index contributed by atoms with van der Waals surface area (Å²) in [6.45, 7) is 8.68. The molecule has 7 heteroatoms. The van der Waals surface area contributed by atoms with Gasteiger partial charge in [0.25, 0.3) is 5.91 Å². The minimum Gasteiger partial charge on any atom is -0.447 e.